The van der Waals surface area contributed by atoms with Gasteiger partial charge in [-0.15, -0.1) is 0 Å². The molecule has 1 fully saturated rings. The summed E-state index contributed by atoms with van der Waals surface area (Å²) < 4.78 is 4.50. The van der Waals surface area contributed by atoms with E-state index in [1.54, 1.807) is 0 Å². The quantitative estimate of drug-likeness (QED) is 0.848. The van der Waals surface area contributed by atoms with Crippen molar-refractivity contribution >= 4 is 22.4 Å². The molecule has 1 aliphatic heterocycles. The standard InChI is InChI=1S/C17H21N5S/c1-17(2,3)15-19-16(23-20-15)22-10-8-21(9-11-22)14-7-5-4-6-13(14)12-18/h4-7H,8-11H2,1-3H3. The van der Waals surface area contributed by atoms with E-state index in [9.17, 15) is 5.26 Å². The zero-order chi connectivity index (χ0) is 16.4. The van der Waals surface area contributed by atoms with E-state index in [1.807, 2.05) is 24.3 Å². The van der Waals surface area contributed by atoms with Crippen molar-refractivity contribution < 1.29 is 0 Å². The molecule has 5 nitrogen and oxygen atoms in total. The minimum Gasteiger partial charge on any atom is -0.367 e. The molecule has 0 radical (unpaired) electrons. The summed E-state index contributed by atoms with van der Waals surface area (Å²) in [6.45, 7) is 9.99. The van der Waals surface area contributed by atoms with E-state index in [0.717, 1.165) is 48.4 Å². The van der Waals surface area contributed by atoms with Gasteiger partial charge in [0.2, 0.25) is 5.13 Å². The zero-order valence-electron chi connectivity index (χ0n) is 13.8. The molecule has 120 valence electrons. The maximum atomic E-state index is 9.25. The second-order valence-electron chi connectivity index (χ2n) is 6.75. The number of rotatable bonds is 2. The molecular formula is C17H21N5S. The van der Waals surface area contributed by atoms with Gasteiger partial charge in [-0.1, -0.05) is 32.9 Å². The van der Waals surface area contributed by atoms with Crippen molar-refractivity contribution in [3.8, 4) is 6.07 Å². The zero-order valence-corrected chi connectivity index (χ0v) is 14.6. The van der Waals surface area contributed by atoms with Gasteiger partial charge in [0.15, 0.2) is 0 Å². The summed E-state index contributed by atoms with van der Waals surface area (Å²) in [5, 5.41) is 10.3. The topological polar surface area (TPSA) is 56.1 Å². The number of anilines is 2. The molecule has 0 N–H and O–H groups in total. The highest BCUT2D eigenvalue weighted by molar-refractivity contribution is 7.09. The van der Waals surface area contributed by atoms with Gasteiger partial charge in [-0.3, -0.25) is 0 Å². The molecule has 0 amide bonds. The van der Waals surface area contributed by atoms with E-state index in [0.29, 0.717) is 0 Å². The predicted octanol–water partition coefficient (Wildman–Crippen LogP) is 3.03. The monoisotopic (exact) mass is 327 g/mol. The molecule has 1 aliphatic rings. The summed E-state index contributed by atoms with van der Waals surface area (Å²) in [5.41, 5.74) is 1.76. The van der Waals surface area contributed by atoms with Gasteiger partial charge >= 0.3 is 0 Å². The largest absolute Gasteiger partial charge is 0.367 e. The number of hydrogen-bond acceptors (Lipinski definition) is 6. The van der Waals surface area contributed by atoms with Crippen molar-refractivity contribution in [2.45, 2.75) is 26.2 Å². The maximum absolute atomic E-state index is 9.25. The first-order chi connectivity index (χ1) is 11.0. The fraction of sp³-hybridized carbons (Fsp3) is 0.471. The van der Waals surface area contributed by atoms with Gasteiger partial charge in [-0.05, 0) is 12.1 Å². The molecule has 6 heteroatoms. The van der Waals surface area contributed by atoms with Crippen LogP contribution in [0.3, 0.4) is 0 Å². The van der Waals surface area contributed by atoms with Crippen molar-refractivity contribution in [3.05, 3.63) is 35.7 Å². The lowest BCUT2D eigenvalue weighted by Crippen LogP contribution is -2.46. The Kier molecular flexibility index (Phi) is 4.22. The highest BCUT2D eigenvalue weighted by Gasteiger charge is 2.24. The Balaban J connectivity index is 1.69. The molecule has 2 aromatic rings. The highest BCUT2D eigenvalue weighted by Crippen LogP contribution is 2.27. The predicted molar refractivity (Wildman–Crippen MR) is 94.2 cm³/mol. The molecule has 0 bridgehead atoms. The number of hydrogen-bond donors (Lipinski definition) is 0. The van der Waals surface area contributed by atoms with Crippen LogP contribution >= 0.6 is 11.5 Å². The minimum atomic E-state index is -0.0116. The Labute approximate surface area is 141 Å². The van der Waals surface area contributed by atoms with Crippen LogP contribution in [0.5, 0.6) is 0 Å². The smallest absolute Gasteiger partial charge is 0.205 e. The number of para-hydroxylation sites is 1. The van der Waals surface area contributed by atoms with Crippen LogP contribution in [-0.2, 0) is 5.41 Å². The second kappa shape index (κ2) is 6.17. The van der Waals surface area contributed by atoms with Gasteiger partial charge in [-0.2, -0.15) is 9.64 Å². The molecule has 1 aromatic heterocycles. The van der Waals surface area contributed by atoms with Crippen molar-refractivity contribution in [2.24, 2.45) is 0 Å². The van der Waals surface area contributed by atoms with Gasteiger partial charge in [0.05, 0.1) is 11.3 Å². The summed E-state index contributed by atoms with van der Waals surface area (Å²) in [7, 11) is 0. The molecule has 0 atom stereocenters. The van der Waals surface area contributed by atoms with Crippen LogP contribution in [-0.4, -0.2) is 35.5 Å². The van der Waals surface area contributed by atoms with Crippen LogP contribution in [0, 0.1) is 11.3 Å². The molecular weight excluding hydrogens is 306 g/mol. The van der Waals surface area contributed by atoms with Crippen molar-refractivity contribution in [1.29, 1.82) is 5.26 Å². The van der Waals surface area contributed by atoms with E-state index in [-0.39, 0.29) is 5.41 Å². The molecule has 0 unspecified atom stereocenters. The molecule has 23 heavy (non-hydrogen) atoms. The minimum absolute atomic E-state index is 0.0116. The Morgan fingerprint density at radius 2 is 1.74 bits per heavy atom. The second-order valence-corrected chi connectivity index (χ2v) is 7.48. The number of piperazine rings is 1. The van der Waals surface area contributed by atoms with Crippen LogP contribution in [0.2, 0.25) is 0 Å². The first-order valence-corrected chi connectivity index (χ1v) is 8.59. The lowest BCUT2D eigenvalue weighted by atomic mass is 9.96. The Bertz CT molecular complexity index is 717. The Morgan fingerprint density at radius 3 is 2.35 bits per heavy atom. The summed E-state index contributed by atoms with van der Waals surface area (Å²) in [6.07, 6.45) is 0. The van der Waals surface area contributed by atoms with E-state index in [4.69, 9.17) is 4.98 Å². The molecule has 0 spiro atoms. The SMILES string of the molecule is CC(C)(C)c1nsc(N2CCN(c3ccccc3C#N)CC2)n1. The molecule has 0 aliphatic carbocycles. The van der Waals surface area contributed by atoms with Crippen molar-refractivity contribution in [1.82, 2.24) is 9.36 Å². The first-order valence-electron chi connectivity index (χ1n) is 7.82. The lowest BCUT2D eigenvalue weighted by Gasteiger charge is -2.36. The van der Waals surface area contributed by atoms with Gasteiger partial charge in [-0.25, -0.2) is 4.98 Å². The third-order valence-electron chi connectivity index (χ3n) is 4.00. The fourth-order valence-electron chi connectivity index (χ4n) is 2.63. The Hall–Kier alpha value is -2.13. The third-order valence-corrected chi connectivity index (χ3v) is 4.78. The number of nitrogens with zero attached hydrogens (tertiary/aromatic N) is 5. The van der Waals surface area contributed by atoms with Crippen LogP contribution < -0.4 is 9.80 Å². The average molecular weight is 327 g/mol. The van der Waals surface area contributed by atoms with E-state index in [1.165, 1.54) is 11.5 Å². The molecule has 3 rings (SSSR count). The van der Waals surface area contributed by atoms with E-state index in [2.05, 4.69) is 41.0 Å². The Morgan fingerprint density at radius 1 is 1.09 bits per heavy atom. The fourth-order valence-corrected chi connectivity index (χ4v) is 3.54. The summed E-state index contributed by atoms with van der Waals surface area (Å²) in [4.78, 5) is 9.27. The maximum Gasteiger partial charge on any atom is 0.205 e. The molecule has 1 saturated heterocycles. The van der Waals surface area contributed by atoms with E-state index < -0.39 is 0 Å². The van der Waals surface area contributed by atoms with Crippen LogP contribution in [0.4, 0.5) is 10.8 Å². The molecule has 2 heterocycles. The molecule has 1 aromatic carbocycles. The number of aromatic nitrogens is 2. The van der Waals surface area contributed by atoms with Crippen molar-refractivity contribution in [2.75, 3.05) is 36.0 Å². The normalized spacial score (nSPS) is 15.6. The lowest BCUT2D eigenvalue weighted by molar-refractivity contribution is 0.553. The van der Waals surface area contributed by atoms with Crippen molar-refractivity contribution in [3.63, 3.8) is 0 Å². The van der Waals surface area contributed by atoms with Gasteiger partial charge in [0.1, 0.15) is 11.9 Å². The highest BCUT2D eigenvalue weighted by atomic mass is 32.1. The van der Waals surface area contributed by atoms with Crippen LogP contribution in [0.1, 0.15) is 32.2 Å². The first kappa shape index (κ1) is 15.8. The third kappa shape index (κ3) is 3.30. The van der Waals surface area contributed by atoms with E-state index >= 15 is 0 Å². The van der Waals surface area contributed by atoms with Gasteiger partial charge < -0.3 is 9.80 Å². The number of nitriles is 1. The summed E-state index contributed by atoms with van der Waals surface area (Å²) in [5.74, 6) is 0.912. The summed E-state index contributed by atoms with van der Waals surface area (Å²) in [6, 6.07) is 10.1. The van der Waals surface area contributed by atoms with Crippen LogP contribution in [0.25, 0.3) is 0 Å². The van der Waals surface area contributed by atoms with Crippen LogP contribution in [0.15, 0.2) is 24.3 Å². The number of benzene rings is 1. The van der Waals surface area contributed by atoms with Gasteiger partial charge in [0.25, 0.3) is 0 Å². The van der Waals surface area contributed by atoms with Gasteiger partial charge in [0, 0.05) is 43.1 Å². The average Bonchev–Trinajstić information content (AvgIpc) is 3.05. The summed E-state index contributed by atoms with van der Waals surface area (Å²) >= 11 is 1.48. The molecule has 0 saturated carbocycles.